The third-order valence-corrected chi connectivity index (χ3v) is 3.66. The Hall–Kier alpha value is -3.00. The summed E-state index contributed by atoms with van der Waals surface area (Å²) in [6.07, 6.45) is 18.2. The molecule has 21 heavy (non-hydrogen) atoms. The summed E-state index contributed by atoms with van der Waals surface area (Å²) in [5.74, 6) is 0. The molecular formula is C21H12. The molecule has 0 saturated heterocycles. The molecule has 0 fully saturated rings. The van der Waals surface area contributed by atoms with Gasteiger partial charge in [0.2, 0.25) is 0 Å². The molecular weight excluding hydrogens is 252 g/mol. The zero-order valence-electron chi connectivity index (χ0n) is 11.4. The van der Waals surface area contributed by atoms with Crippen LogP contribution in [0.2, 0.25) is 0 Å². The van der Waals surface area contributed by atoms with Gasteiger partial charge in [0.15, 0.2) is 0 Å². The van der Waals surface area contributed by atoms with E-state index in [2.05, 4.69) is 53.6 Å². The number of rotatable bonds is 3. The Kier molecular flexibility index (Phi) is 2.72. The summed E-state index contributed by atoms with van der Waals surface area (Å²) in [5, 5.41) is 0. The third-order valence-electron chi connectivity index (χ3n) is 3.66. The molecule has 0 bridgehead atoms. The second kappa shape index (κ2) is 4.84. The van der Waals surface area contributed by atoms with Crippen molar-refractivity contribution in [3.05, 3.63) is 107 Å². The SMILES string of the molecule is C1=CC=CC=1c1cc(C2=C=CC=C2)cc(C2=C=CC=C2)c1. The van der Waals surface area contributed by atoms with Gasteiger partial charge in [-0.05, 0) is 71.3 Å². The van der Waals surface area contributed by atoms with Crippen LogP contribution in [0.1, 0.15) is 16.7 Å². The van der Waals surface area contributed by atoms with E-state index in [0.717, 1.165) is 16.7 Å². The van der Waals surface area contributed by atoms with Crippen LogP contribution in [0, 0.1) is 0 Å². The number of benzene rings is 1. The minimum atomic E-state index is 1.12. The van der Waals surface area contributed by atoms with Gasteiger partial charge >= 0.3 is 0 Å². The predicted octanol–water partition coefficient (Wildman–Crippen LogP) is 5.01. The quantitative estimate of drug-likeness (QED) is 0.673. The molecule has 4 rings (SSSR count). The first-order valence-corrected chi connectivity index (χ1v) is 6.96. The average molecular weight is 264 g/mol. The number of hydrogen-bond acceptors (Lipinski definition) is 0. The Morgan fingerprint density at radius 1 is 0.476 bits per heavy atom. The summed E-state index contributed by atoms with van der Waals surface area (Å²) in [6.45, 7) is 0. The zero-order valence-corrected chi connectivity index (χ0v) is 11.4. The molecule has 0 aromatic heterocycles. The highest BCUT2D eigenvalue weighted by molar-refractivity contribution is 5.86. The van der Waals surface area contributed by atoms with Gasteiger partial charge in [-0.1, -0.05) is 18.2 Å². The highest BCUT2D eigenvalue weighted by atomic mass is 14.1. The lowest BCUT2D eigenvalue weighted by atomic mass is 9.94. The summed E-state index contributed by atoms with van der Waals surface area (Å²) in [6, 6.07) is 6.60. The number of allylic oxidation sites excluding steroid dienone is 9. The van der Waals surface area contributed by atoms with Crippen molar-refractivity contribution in [3.63, 3.8) is 0 Å². The molecule has 0 unspecified atom stereocenters. The van der Waals surface area contributed by atoms with Gasteiger partial charge < -0.3 is 0 Å². The molecule has 0 nitrogen and oxygen atoms in total. The van der Waals surface area contributed by atoms with Gasteiger partial charge in [-0.25, -0.2) is 0 Å². The molecule has 0 atom stereocenters. The van der Waals surface area contributed by atoms with Gasteiger partial charge in [0.1, 0.15) is 0 Å². The van der Waals surface area contributed by atoms with E-state index in [1.54, 1.807) is 0 Å². The normalized spacial score (nSPS) is 16.9. The Morgan fingerprint density at radius 3 is 1.05 bits per heavy atom. The van der Waals surface area contributed by atoms with Crippen LogP contribution in [-0.2, 0) is 0 Å². The Morgan fingerprint density at radius 2 is 0.810 bits per heavy atom. The summed E-state index contributed by atoms with van der Waals surface area (Å²) < 4.78 is 0. The van der Waals surface area contributed by atoms with Crippen LogP contribution in [0.25, 0.3) is 16.7 Å². The van der Waals surface area contributed by atoms with E-state index in [4.69, 9.17) is 0 Å². The van der Waals surface area contributed by atoms with Crippen LogP contribution in [0.15, 0.2) is 90.1 Å². The van der Waals surface area contributed by atoms with E-state index in [-0.39, 0.29) is 0 Å². The summed E-state index contributed by atoms with van der Waals surface area (Å²) in [4.78, 5) is 0. The van der Waals surface area contributed by atoms with Gasteiger partial charge in [-0.15, -0.1) is 17.2 Å². The van der Waals surface area contributed by atoms with E-state index in [1.165, 1.54) is 16.7 Å². The molecule has 3 aliphatic rings. The van der Waals surface area contributed by atoms with Crippen LogP contribution < -0.4 is 0 Å². The van der Waals surface area contributed by atoms with Crippen molar-refractivity contribution in [3.8, 4) is 0 Å². The van der Waals surface area contributed by atoms with Crippen molar-refractivity contribution in [2.24, 2.45) is 0 Å². The predicted molar refractivity (Wildman–Crippen MR) is 88.3 cm³/mol. The maximum atomic E-state index is 3.28. The molecule has 96 valence electrons. The van der Waals surface area contributed by atoms with Gasteiger partial charge in [-0.2, -0.15) is 0 Å². The fourth-order valence-corrected chi connectivity index (χ4v) is 2.62. The minimum Gasteiger partial charge on any atom is -0.112 e. The van der Waals surface area contributed by atoms with Crippen LogP contribution in [0.4, 0.5) is 0 Å². The lowest BCUT2D eigenvalue weighted by molar-refractivity contribution is 1.53. The molecule has 0 spiro atoms. The highest BCUT2D eigenvalue weighted by Gasteiger charge is 2.10. The molecule has 0 N–H and O–H groups in total. The maximum absolute atomic E-state index is 3.28. The Balaban J connectivity index is 1.92. The lowest BCUT2D eigenvalue weighted by Crippen LogP contribution is -1.90. The first kappa shape index (κ1) is 11.8. The fraction of sp³-hybridized carbons (Fsp3) is 0. The summed E-state index contributed by atoms with van der Waals surface area (Å²) in [5.41, 5.74) is 16.7. The molecule has 0 heteroatoms. The summed E-state index contributed by atoms with van der Waals surface area (Å²) >= 11 is 0. The minimum absolute atomic E-state index is 1.12. The Bertz CT molecular complexity index is 784. The van der Waals surface area contributed by atoms with E-state index in [0.29, 0.717) is 0 Å². The fourth-order valence-electron chi connectivity index (χ4n) is 2.62. The largest absolute Gasteiger partial charge is 0.112 e. The second-order valence-electron chi connectivity index (χ2n) is 5.05. The molecule has 1 aromatic carbocycles. The van der Waals surface area contributed by atoms with Crippen molar-refractivity contribution in [1.82, 2.24) is 0 Å². The first-order valence-electron chi connectivity index (χ1n) is 6.96. The van der Waals surface area contributed by atoms with Gasteiger partial charge in [0, 0.05) is 16.7 Å². The molecule has 0 saturated carbocycles. The summed E-state index contributed by atoms with van der Waals surface area (Å²) in [7, 11) is 0. The molecule has 0 radical (unpaired) electrons. The van der Waals surface area contributed by atoms with Crippen molar-refractivity contribution < 1.29 is 0 Å². The molecule has 0 aliphatic heterocycles. The van der Waals surface area contributed by atoms with Crippen LogP contribution in [0.5, 0.6) is 0 Å². The van der Waals surface area contributed by atoms with Crippen molar-refractivity contribution in [2.45, 2.75) is 0 Å². The second-order valence-corrected chi connectivity index (χ2v) is 5.05. The first-order chi connectivity index (χ1) is 10.4. The van der Waals surface area contributed by atoms with E-state index >= 15 is 0 Å². The van der Waals surface area contributed by atoms with Crippen LogP contribution in [0.3, 0.4) is 0 Å². The lowest BCUT2D eigenvalue weighted by Gasteiger charge is -2.09. The standard InChI is InChI=1S/C21H12/c1-2-8-16(7-1)19-13-20(17-9-3-4-10-17)15-21(14-19)18-11-5-6-12-18/h1-7,9,11,13-15H. The molecule has 0 heterocycles. The molecule has 0 amide bonds. The maximum Gasteiger partial charge on any atom is 0.0237 e. The molecule has 3 aliphatic carbocycles. The van der Waals surface area contributed by atoms with Gasteiger partial charge in [-0.3, -0.25) is 0 Å². The van der Waals surface area contributed by atoms with Crippen molar-refractivity contribution in [2.75, 3.05) is 0 Å². The van der Waals surface area contributed by atoms with Crippen LogP contribution in [-0.4, -0.2) is 0 Å². The van der Waals surface area contributed by atoms with E-state index in [9.17, 15) is 0 Å². The Labute approximate surface area is 124 Å². The average Bonchev–Trinajstić information content (AvgIpc) is 3.29. The topological polar surface area (TPSA) is 0 Å². The smallest absolute Gasteiger partial charge is 0.0237 e. The third kappa shape index (κ3) is 2.17. The number of hydrogen-bond donors (Lipinski definition) is 0. The van der Waals surface area contributed by atoms with Gasteiger partial charge in [0.25, 0.3) is 0 Å². The van der Waals surface area contributed by atoms with Crippen molar-refractivity contribution >= 4 is 16.7 Å². The molecule has 1 aromatic rings. The van der Waals surface area contributed by atoms with E-state index in [1.807, 2.05) is 36.5 Å². The van der Waals surface area contributed by atoms with Gasteiger partial charge in [0.05, 0.1) is 0 Å². The monoisotopic (exact) mass is 264 g/mol. The highest BCUT2D eigenvalue weighted by Crippen LogP contribution is 2.29. The zero-order chi connectivity index (χ0) is 14.1. The van der Waals surface area contributed by atoms with E-state index < -0.39 is 0 Å². The van der Waals surface area contributed by atoms with Crippen molar-refractivity contribution in [1.29, 1.82) is 0 Å². The van der Waals surface area contributed by atoms with Crippen LogP contribution >= 0.6 is 0 Å².